The third kappa shape index (κ3) is 3.92. The number of benzene rings is 1. The third-order valence-corrected chi connectivity index (χ3v) is 4.44. The Balaban J connectivity index is 2.01. The van der Waals surface area contributed by atoms with Crippen LogP contribution in [0.15, 0.2) is 21.6 Å². The number of nitrogens with zero attached hydrogens (tertiary/aromatic N) is 1. The van der Waals surface area contributed by atoms with Crippen LogP contribution in [0.25, 0.3) is 0 Å². The fourth-order valence-corrected chi connectivity index (χ4v) is 3.48. The van der Waals surface area contributed by atoms with Crippen LogP contribution in [-0.2, 0) is 0 Å². The lowest BCUT2D eigenvalue weighted by Crippen LogP contribution is -2.10. The van der Waals surface area contributed by atoms with Crippen LogP contribution in [-0.4, -0.2) is 17.0 Å². The number of anilines is 1. The minimum absolute atomic E-state index is 0.235. The van der Waals surface area contributed by atoms with E-state index in [1.165, 1.54) is 6.07 Å². The van der Waals surface area contributed by atoms with Crippen molar-refractivity contribution < 1.29 is 8.78 Å². The monoisotopic (exact) mass is 348 g/mol. The Bertz CT molecular complexity index is 506. The molecule has 6 heteroatoms. The highest BCUT2D eigenvalue weighted by molar-refractivity contribution is 9.10. The molecule has 0 aromatic heterocycles. The van der Waals surface area contributed by atoms with Crippen molar-refractivity contribution >= 4 is 38.5 Å². The summed E-state index contributed by atoms with van der Waals surface area (Å²) in [6, 6.07) is 2.25. The minimum Gasteiger partial charge on any atom is -0.333 e. The van der Waals surface area contributed by atoms with Crippen molar-refractivity contribution in [3.8, 4) is 0 Å². The number of aliphatic imine (C=N–C) groups is 1. The van der Waals surface area contributed by atoms with E-state index in [1.807, 2.05) is 0 Å². The molecular formula is C13H15BrF2N2S. The number of hydrogen-bond donors (Lipinski definition) is 1. The molecule has 1 aromatic rings. The van der Waals surface area contributed by atoms with Gasteiger partial charge in [-0.2, -0.15) is 0 Å². The van der Waals surface area contributed by atoms with Gasteiger partial charge in [-0.1, -0.05) is 25.6 Å². The van der Waals surface area contributed by atoms with Crippen molar-refractivity contribution in [1.82, 2.24) is 0 Å². The van der Waals surface area contributed by atoms with Crippen LogP contribution in [0.1, 0.15) is 20.3 Å². The fourth-order valence-electron chi connectivity index (χ4n) is 1.87. The van der Waals surface area contributed by atoms with E-state index in [9.17, 15) is 8.78 Å². The van der Waals surface area contributed by atoms with Gasteiger partial charge in [-0.3, -0.25) is 4.99 Å². The summed E-state index contributed by atoms with van der Waals surface area (Å²) in [6.45, 7) is 5.08. The molecule has 0 spiro atoms. The topological polar surface area (TPSA) is 24.4 Å². The van der Waals surface area contributed by atoms with E-state index < -0.39 is 11.6 Å². The van der Waals surface area contributed by atoms with Crippen LogP contribution in [0.5, 0.6) is 0 Å². The van der Waals surface area contributed by atoms with Crippen molar-refractivity contribution in [3.63, 3.8) is 0 Å². The smallest absolute Gasteiger partial charge is 0.161 e. The molecule has 19 heavy (non-hydrogen) atoms. The molecule has 1 aromatic carbocycles. The number of amidine groups is 1. The molecule has 1 aliphatic heterocycles. The van der Waals surface area contributed by atoms with E-state index in [-0.39, 0.29) is 10.2 Å². The average molecular weight is 349 g/mol. The zero-order valence-corrected chi connectivity index (χ0v) is 13.1. The van der Waals surface area contributed by atoms with E-state index in [2.05, 4.69) is 40.1 Å². The number of hydrogen-bond acceptors (Lipinski definition) is 3. The van der Waals surface area contributed by atoms with Gasteiger partial charge in [-0.05, 0) is 34.3 Å². The van der Waals surface area contributed by atoms with Crippen LogP contribution in [0.3, 0.4) is 0 Å². The number of halogens is 3. The standard InChI is InChI=1S/C13H15BrF2N2S/c1-7(2)3-8-6-17-13(19-8)18-12-4-9(14)10(15)5-11(12)16/h4-5,7-8H,3,6H2,1-2H3,(H,17,18). The lowest BCUT2D eigenvalue weighted by Gasteiger charge is -2.11. The highest BCUT2D eigenvalue weighted by Gasteiger charge is 2.21. The summed E-state index contributed by atoms with van der Waals surface area (Å²) in [5.41, 5.74) is 0.240. The van der Waals surface area contributed by atoms with E-state index in [0.29, 0.717) is 16.3 Å². The minimum atomic E-state index is -0.615. The predicted octanol–water partition coefficient (Wildman–Crippen LogP) is 4.66. The van der Waals surface area contributed by atoms with Crippen LogP contribution in [0.4, 0.5) is 14.5 Å². The normalized spacial score (nSPS) is 18.8. The molecule has 0 amide bonds. The predicted molar refractivity (Wildman–Crippen MR) is 80.8 cm³/mol. The Kier molecular flexibility index (Phi) is 4.84. The van der Waals surface area contributed by atoms with E-state index in [4.69, 9.17) is 0 Å². The molecule has 0 saturated carbocycles. The van der Waals surface area contributed by atoms with Gasteiger partial charge in [0.15, 0.2) is 5.17 Å². The molecule has 0 aliphatic carbocycles. The molecule has 1 aliphatic rings. The second-order valence-corrected chi connectivity index (χ2v) is 7.03. The second kappa shape index (κ2) is 6.22. The Morgan fingerprint density at radius 1 is 1.42 bits per heavy atom. The maximum atomic E-state index is 13.6. The van der Waals surface area contributed by atoms with Crippen molar-refractivity contribution in [2.24, 2.45) is 10.9 Å². The Labute approximate surface area is 124 Å². The SMILES string of the molecule is CC(C)CC1CN=C(Nc2cc(Br)c(F)cc2F)S1. The van der Waals surface area contributed by atoms with Gasteiger partial charge in [0.1, 0.15) is 11.6 Å². The van der Waals surface area contributed by atoms with Gasteiger partial charge in [-0.15, -0.1) is 0 Å². The van der Waals surface area contributed by atoms with Crippen LogP contribution in [0.2, 0.25) is 0 Å². The molecule has 0 saturated heterocycles. The molecule has 0 radical (unpaired) electrons. The average Bonchev–Trinajstić information content (AvgIpc) is 2.72. The van der Waals surface area contributed by atoms with Crippen molar-refractivity contribution in [2.45, 2.75) is 25.5 Å². The van der Waals surface area contributed by atoms with Gasteiger partial charge in [0.25, 0.3) is 0 Å². The van der Waals surface area contributed by atoms with Crippen LogP contribution < -0.4 is 5.32 Å². The van der Waals surface area contributed by atoms with Crippen molar-refractivity contribution in [2.75, 3.05) is 11.9 Å². The largest absolute Gasteiger partial charge is 0.333 e. The fraction of sp³-hybridized carbons (Fsp3) is 0.462. The summed E-state index contributed by atoms with van der Waals surface area (Å²) in [7, 11) is 0. The Morgan fingerprint density at radius 2 is 2.16 bits per heavy atom. The first-order chi connectivity index (χ1) is 8.95. The van der Waals surface area contributed by atoms with Gasteiger partial charge in [0.05, 0.1) is 16.7 Å². The van der Waals surface area contributed by atoms with Gasteiger partial charge in [0.2, 0.25) is 0 Å². The Hall–Kier alpha value is -0.620. The summed E-state index contributed by atoms with van der Waals surface area (Å²) in [5, 5.41) is 4.06. The molecule has 1 N–H and O–H groups in total. The molecule has 2 nitrogen and oxygen atoms in total. The molecule has 0 bridgehead atoms. The van der Waals surface area contributed by atoms with Crippen molar-refractivity contribution in [1.29, 1.82) is 0 Å². The zero-order valence-electron chi connectivity index (χ0n) is 10.7. The van der Waals surface area contributed by atoms with E-state index in [1.54, 1.807) is 11.8 Å². The van der Waals surface area contributed by atoms with Crippen LogP contribution >= 0.6 is 27.7 Å². The number of thioether (sulfide) groups is 1. The second-order valence-electron chi connectivity index (χ2n) is 4.89. The van der Waals surface area contributed by atoms with Crippen molar-refractivity contribution in [3.05, 3.63) is 28.2 Å². The molecular weight excluding hydrogens is 334 g/mol. The van der Waals surface area contributed by atoms with Gasteiger partial charge in [-0.25, -0.2) is 8.78 Å². The highest BCUT2D eigenvalue weighted by Crippen LogP contribution is 2.29. The van der Waals surface area contributed by atoms with Gasteiger partial charge < -0.3 is 5.32 Å². The first-order valence-corrected chi connectivity index (χ1v) is 7.75. The maximum Gasteiger partial charge on any atom is 0.161 e. The molecule has 1 unspecified atom stereocenters. The van der Waals surface area contributed by atoms with Crippen LogP contribution in [0, 0.1) is 17.6 Å². The molecule has 1 heterocycles. The molecule has 104 valence electrons. The van der Waals surface area contributed by atoms with E-state index >= 15 is 0 Å². The lowest BCUT2D eigenvalue weighted by atomic mass is 10.1. The molecule has 1 atom stereocenters. The summed E-state index contributed by atoms with van der Waals surface area (Å²) >= 11 is 4.66. The number of nitrogens with one attached hydrogen (secondary N) is 1. The molecule has 0 fully saturated rings. The Morgan fingerprint density at radius 3 is 2.84 bits per heavy atom. The van der Waals surface area contributed by atoms with E-state index in [0.717, 1.165) is 19.0 Å². The quantitative estimate of drug-likeness (QED) is 0.803. The van der Waals surface area contributed by atoms with Gasteiger partial charge in [0, 0.05) is 11.3 Å². The summed E-state index contributed by atoms with van der Waals surface area (Å²) in [6.07, 6.45) is 1.08. The van der Waals surface area contributed by atoms with Gasteiger partial charge >= 0.3 is 0 Å². The zero-order chi connectivity index (χ0) is 14.0. The highest BCUT2D eigenvalue weighted by atomic mass is 79.9. The first-order valence-electron chi connectivity index (χ1n) is 6.08. The lowest BCUT2D eigenvalue weighted by molar-refractivity contribution is 0.575. The number of rotatable bonds is 3. The summed E-state index contributed by atoms with van der Waals surface area (Å²) in [4.78, 5) is 4.35. The summed E-state index contributed by atoms with van der Waals surface area (Å²) in [5.74, 6) is -0.609. The maximum absolute atomic E-state index is 13.6. The first kappa shape index (κ1) is 14.8. The summed E-state index contributed by atoms with van der Waals surface area (Å²) < 4.78 is 27.0. The molecule has 2 rings (SSSR count). The third-order valence-electron chi connectivity index (χ3n) is 2.70.